The van der Waals surface area contributed by atoms with Crippen molar-refractivity contribution in [2.75, 3.05) is 6.61 Å². The average molecular weight is 1320 g/mol. The number of aliphatic hydroxyl groups is 2. The van der Waals surface area contributed by atoms with Crippen LogP contribution in [0.15, 0.2) is 77.1 Å². The minimum absolute atomic E-state index is 0.166. The number of carbonyl (C=O) groups excluding carboxylic acids is 5. The van der Waals surface area contributed by atoms with Crippen molar-refractivity contribution in [1.29, 1.82) is 0 Å². The highest BCUT2D eigenvalue weighted by molar-refractivity contribution is 7.09. The van der Waals surface area contributed by atoms with Gasteiger partial charge in [-0.05, 0) is 88.2 Å². The van der Waals surface area contributed by atoms with E-state index in [1.807, 2.05) is 19.2 Å². The zero-order chi connectivity index (χ0) is 65.9. The predicted octanol–water partition coefficient (Wildman–Crippen LogP) is 16.3. The molecule has 484 valence electrons. The van der Waals surface area contributed by atoms with Crippen LogP contribution in [0, 0.1) is 60.2 Å². The number of hydrogen-bond acceptors (Lipinski definition) is 15. The number of halogens is 9. The van der Waals surface area contributed by atoms with Gasteiger partial charge in [0.05, 0.1) is 51.4 Å². The van der Waals surface area contributed by atoms with Crippen molar-refractivity contribution in [1.82, 2.24) is 9.97 Å². The molecule has 2 aromatic rings. The number of aromatic nitrogens is 2. The lowest BCUT2D eigenvalue weighted by Crippen LogP contribution is -2.45. The van der Waals surface area contributed by atoms with Gasteiger partial charge in [-0.2, -0.15) is 26.3 Å². The fourth-order valence-corrected chi connectivity index (χ4v) is 10.9. The Morgan fingerprint density at radius 3 is 2.05 bits per heavy atom. The minimum Gasteiger partial charge on any atom is -0.462 e. The Bertz CT molecular complexity index is 2710. The van der Waals surface area contributed by atoms with Gasteiger partial charge in [0, 0.05) is 52.5 Å². The summed E-state index contributed by atoms with van der Waals surface area (Å²) in [7, 11) is 0. The van der Waals surface area contributed by atoms with Crippen molar-refractivity contribution in [2.24, 2.45) is 46.3 Å². The van der Waals surface area contributed by atoms with Gasteiger partial charge in [-0.3, -0.25) is 19.2 Å². The zero-order valence-corrected chi connectivity index (χ0v) is 55.1. The van der Waals surface area contributed by atoms with Crippen LogP contribution in [-0.4, -0.2) is 103 Å². The minimum atomic E-state index is -4.59. The molecule has 0 saturated heterocycles. The number of nitrogens with zero attached hydrogens (tertiary/aromatic N) is 2. The summed E-state index contributed by atoms with van der Waals surface area (Å²) < 4.78 is 102. The first-order valence-corrected chi connectivity index (χ1v) is 31.1. The number of Topliss-reactive ketones (excluding diaryl/α,β-unsaturated/α-hetero) is 2. The van der Waals surface area contributed by atoms with Crippen molar-refractivity contribution >= 4 is 93.2 Å². The van der Waals surface area contributed by atoms with Crippen LogP contribution in [0.1, 0.15) is 149 Å². The van der Waals surface area contributed by atoms with Crippen molar-refractivity contribution in [3.63, 3.8) is 0 Å². The van der Waals surface area contributed by atoms with E-state index in [9.17, 15) is 60.5 Å². The standard InChI is InChI=1S/C34H47Cl3F3NO6S.C28H38F3NO5S/c1-10-12-20(3)29(47-31(44)45-19-33(35,36)37)23(6)30(43)32(8,9)22(5)17-28(42)46-27(15-14-25(13-11-2)34(38,39)40)21(4)16-26-18-48-24(7)41-26;1-16-9-7-8-10-20(28(29,30)31)11-12-22(17(2)13-21-15-38-19(4)32-21)37-24(34)14-23(33)27(5,6)26(36)18(3)25(16)35/h10-11,14,18,20-23,27,29H,1-2,12-13,15-17,19H2,3-9H3;7-8,11,13,15-16,18,22-23,25,33,35H,9-10,12,14H2,1-6H3/b25-14+;8-7+,17-13+,20-11+/t20-,21?,22-,23+,27-,29-;16-,18+,22-,23-,25-/m00/s1. The maximum absolute atomic E-state index is 13.9. The van der Waals surface area contributed by atoms with Gasteiger partial charge in [0.25, 0.3) is 0 Å². The lowest BCUT2D eigenvalue weighted by atomic mass is 9.69. The number of rotatable bonds is 21. The summed E-state index contributed by atoms with van der Waals surface area (Å²) in [6.45, 7) is 28.4. The molecular weight excluding hydrogens is 1230 g/mol. The molecule has 13 nitrogen and oxygen atoms in total. The van der Waals surface area contributed by atoms with E-state index >= 15 is 0 Å². The number of carbonyl (C=O) groups is 5. The summed E-state index contributed by atoms with van der Waals surface area (Å²) in [4.78, 5) is 74.5. The number of ketones is 2. The molecule has 24 heteroatoms. The van der Waals surface area contributed by atoms with E-state index in [0.717, 1.165) is 27.9 Å². The molecule has 0 fully saturated rings. The highest BCUT2D eigenvalue weighted by Crippen LogP contribution is 2.39. The molecule has 0 bridgehead atoms. The van der Waals surface area contributed by atoms with Gasteiger partial charge in [-0.1, -0.05) is 140 Å². The van der Waals surface area contributed by atoms with Gasteiger partial charge in [-0.25, -0.2) is 14.8 Å². The number of cyclic esters (lactones) is 1. The molecule has 2 aromatic heterocycles. The summed E-state index contributed by atoms with van der Waals surface area (Å²) in [6.07, 6.45) is -6.93. The number of ether oxygens (including phenoxy) is 4. The van der Waals surface area contributed by atoms with Crippen molar-refractivity contribution < 1.29 is 79.5 Å². The second-order valence-corrected chi connectivity index (χ2v) is 28.0. The molecule has 2 N–H and O–H groups in total. The maximum atomic E-state index is 13.9. The number of esters is 2. The summed E-state index contributed by atoms with van der Waals surface area (Å²) in [5.41, 5.74) is -2.19. The summed E-state index contributed by atoms with van der Waals surface area (Å²) in [5, 5.41) is 26.8. The molecule has 86 heavy (non-hydrogen) atoms. The van der Waals surface area contributed by atoms with Gasteiger partial charge in [0.15, 0.2) is 0 Å². The smallest absolute Gasteiger partial charge is 0.462 e. The van der Waals surface area contributed by atoms with Gasteiger partial charge < -0.3 is 29.2 Å². The van der Waals surface area contributed by atoms with Crippen LogP contribution in [0.25, 0.3) is 6.08 Å². The largest absolute Gasteiger partial charge is 0.508 e. The Kier molecular flexibility index (Phi) is 31.2. The predicted molar refractivity (Wildman–Crippen MR) is 327 cm³/mol. The van der Waals surface area contributed by atoms with Gasteiger partial charge in [0.2, 0.25) is 3.79 Å². The Morgan fingerprint density at radius 1 is 0.895 bits per heavy atom. The fourth-order valence-electron chi connectivity index (χ4n) is 9.53. The Labute approximate surface area is 525 Å². The molecule has 11 atom stereocenters. The molecule has 0 aliphatic carbocycles. The number of aliphatic hydroxyl groups excluding tert-OH is 2. The van der Waals surface area contributed by atoms with Crippen LogP contribution in [0.4, 0.5) is 31.1 Å². The third-order valence-electron chi connectivity index (χ3n) is 15.5. The lowest BCUT2D eigenvalue weighted by Gasteiger charge is -2.36. The van der Waals surface area contributed by atoms with Crippen molar-refractivity contribution in [3.8, 4) is 0 Å². The van der Waals surface area contributed by atoms with E-state index in [1.54, 1.807) is 85.9 Å². The van der Waals surface area contributed by atoms with Crippen molar-refractivity contribution in [3.05, 3.63) is 98.5 Å². The van der Waals surface area contributed by atoms with Crippen LogP contribution in [0.3, 0.4) is 0 Å². The molecule has 1 aliphatic rings. The van der Waals surface area contributed by atoms with E-state index in [-0.39, 0.29) is 56.1 Å². The van der Waals surface area contributed by atoms with E-state index in [1.165, 1.54) is 48.7 Å². The number of thiazole rings is 2. The topological polar surface area (TPSA) is 189 Å². The van der Waals surface area contributed by atoms with E-state index in [0.29, 0.717) is 24.1 Å². The monoisotopic (exact) mass is 1320 g/mol. The summed E-state index contributed by atoms with van der Waals surface area (Å²) >= 11 is 19.8. The van der Waals surface area contributed by atoms with Gasteiger partial charge >= 0.3 is 30.4 Å². The molecule has 0 aromatic carbocycles. The number of allylic oxidation sites excluding steroid dienone is 6. The molecule has 0 radical (unpaired) electrons. The Morgan fingerprint density at radius 2 is 1.51 bits per heavy atom. The molecule has 1 unspecified atom stereocenters. The lowest BCUT2D eigenvalue weighted by molar-refractivity contribution is -0.156. The number of alkyl halides is 9. The van der Waals surface area contributed by atoms with Gasteiger partial charge in [-0.15, -0.1) is 35.8 Å². The highest BCUT2D eigenvalue weighted by atomic mass is 35.6. The van der Waals surface area contributed by atoms with E-state index in [2.05, 4.69) is 23.1 Å². The first-order chi connectivity index (χ1) is 39.6. The third kappa shape index (κ3) is 25.6. The average Bonchev–Trinajstić information content (AvgIpc) is 1.86. The Hall–Kier alpha value is -4.38. The number of aryl methyl sites for hydroxylation is 2. The molecule has 0 spiro atoms. The molecule has 3 rings (SSSR count). The molecule has 1 aliphatic heterocycles. The molecule has 3 heterocycles. The zero-order valence-electron chi connectivity index (χ0n) is 51.2. The third-order valence-corrected chi connectivity index (χ3v) is 17.4. The van der Waals surface area contributed by atoms with Crippen LogP contribution < -0.4 is 0 Å². The fraction of sp³-hybridized carbons (Fsp3) is 0.629. The van der Waals surface area contributed by atoms with Gasteiger partial charge in [0.1, 0.15) is 36.5 Å². The summed E-state index contributed by atoms with van der Waals surface area (Å²) in [5.74, 6) is -5.58. The van der Waals surface area contributed by atoms with E-state index in [4.69, 9.17) is 53.8 Å². The second-order valence-electron chi connectivity index (χ2n) is 23.3. The quantitative estimate of drug-likeness (QED) is 0.0395. The SMILES string of the molecule is C/C(=C\c1csc(C)n1)[C@@H]1C/C=C(/C(F)(F)F)C/C=C/C[C@H](C)[C@H](O)[C@@H](C)C(=O)C(C)(C)[C@@H](O)CC(=O)O1.C=CC/C(=C\C[C@H](OC(=O)C[C@H](C)C(C)(C)C(=O)[C@H](C)[C@@H](OC(=O)OCC(Cl)(Cl)Cl)[C@@H](C)CC=C)C(C)Cc1csc(C)n1)C(F)(F)F. The van der Waals surface area contributed by atoms with Crippen LogP contribution in [0.2, 0.25) is 0 Å². The van der Waals surface area contributed by atoms with Crippen LogP contribution in [0.5, 0.6) is 0 Å². The van der Waals surface area contributed by atoms with E-state index < -0.39 is 129 Å². The normalized spacial score (nSPS) is 23.0. The number of hydrogen-bond donors (Lipinski definition) is 2. The molecule has 0 saturated carbocycles. The highest BCUT2D eigenvalue weighted by Gasteiger charge is 2.45. The molecule has 0 amide bonds. The second kappa shape index (κ2) is 34.6. The van der Waals surface area contributed by atoms with Crippen molar-refractivity contribution in [2.45, 2.75) is 194 Å². The summed E-state index contributed by atoms with van der Waals surface area (Å²) in [6, 6.07) is 0. The first-order valence-electron chi connectivity index (χ1n) is 28.2. The molecular formula is C62H85Cl3F6N2O11S2. The first kappa shape index (κ1) is 77.7. The Balaban J connectivity index is 0.000000602. The maximum Gasteiger partial charge on any atom is 0.508 e. The van der Waals surface area contributed by atoms with Crippen LogP contribution >= 0.6 is 57.5 Å². The van der Waals surface area contributed by atoms with Crippen LogP contribution in [-0.2, 0) is 44.5 Å².